The third-order valence-electron chi connectivity index (χ3n) is 9.60. The molecule has 4 aliphatic rings. The number of ketones is 1. The van der Waals surface area contributed by atoms with Crippen molar-refractivity contribution in [2.24, 2.45) is 28.6 Å². The summed E-state index contributed by atoms with van der Waals surface area (Å²) in [6, 6.07) is 2.96. The van der Waals surface area contributed by atoms with Crippen LogP contribution < -0.4 is 0 Å². The molecule has 0 amide bonds. The number of hydrogen-bond acceptors (Lipinski definition) is 6. The smallest absolute Gasteiger partial charge is 0.375 e. The van der Waals surface area contributed by atoms with Gasteiger partial charge in [0.15, 0.2) is 17.1 Å². The van der Waals surface area contributed by atoms with E-state index in [1.165, 1.54) is 36.6 Å². The van der Waals surface area contributed by atoms with Crippen molar-refractivity contribution in [2.75, 3.05) is 0 Å². The lowest BCUT2D eigenvalue weighted by molar-refractivity contribution is -0.212. The predicted octanol–water partition coefficient (Wildman–Crippen LogP) is 5.01. The van der Waals surface area contributed by atoms with Crippen molar-refractivity contribution in [2.45, 2.75) is 63.6 Å². The third kappa shape index (κ3) is 3.05. The zero-order chi connectivity index (χ0) is 26.3. The largest absolute Gasteiger partial charge is 0.457 e. The van der Waals surface area contributed by atoms with E-state index in [2.05, 4.69) is 22.1 Å². The van der Waals surface area contributed by atoms with Crippen LogP contribution in [-0.2, 0) is 18.8 Å². The lowest BCUT2D eigenvalue weighted by Gasteiger charge is -2.63. The summed E-state index contributed by atoms with van der Waals surface area (Å²) < 4.78 is 50.2. The molecule has 3 fully saturated rings. The number of allylic oxidation sites excluding steroid dienone is 4. The van der Waals surface area contributed by atoms with Gasteiger partial charge in [0, 0.05) is 32.1 Å². The van der Waals surface area contributed by atoms with Gasteiger partial charge in [-0.05, 0) is 62.0 Å². The number of ether oxygens (including phenoxy) is 1. The molecule has 0 aliphatic heterocycles. The summed E-state index contributed by atoms with van der Waals surface area (Å²) in [5.74, 6) is -3.22. The molecule has 10 heteroatoms. The Morgan fingerprint density at radius 1 is 1.25 bits per heavy atom. The molecular formula is C26H29F2O6PS. The van der Waals surface area contributed by atoms with Gasteiger partial charge in [0.1, 0.15) is 6.17 Å². The molecule has 0 bridgehead atoms. The summed E-state index contributed by atoms with van der Waals surface area (Å²) in [7, 11) is 2.10. The number of esters is 1. The Bertz CT molecular complexity index is 1190. The van der Waals surface area contributed by atoms with E-state index in [9.17, 15) is 14.4 Å². The van der Waals surface area contributed by atoms with Crippen LogP contribution in [0.25, 0.3) is 0 Å². The van der Waals surface area contributed by atoms with Gasteiger partial charge < -0.3 is 13.7 Å². The average molecular weight is 539 g/mol. The van der Waals surface area contributed by atoms with Crippen molar-refractivity contribution in [3.8, 4) is 0 Å². The first kappa shape index (κ1) is 25.8. The summed E-state index contributed by atoms with van der Waals surface area (Å²) in [6.45, 7) is 5.15. The Morgan fingerprint density at radius 3 is 2.58 bits per heavy atom. The van der Waals surface area contributed by atoms with Crippen molar-refractivity contribution in [3.05, 3.63) is 48.0 Å². The van der Waals surface area contributed by atoms with Crippen LogP contribution in [0.15, 0.2) is 46.6 Å². The molecule has 1 aromatic rings. The zero-order valence-corrected chi connectivity index (χ0v) is 22.3. The van der Waals surface area contributed by atoms with Crippen LogP contribution in [0, 0.1) is 28.6 Å². The number of fused-ring (bicyclic) bond motifs is 5. The molecule has 10 atom stereocenters. The van der Waals surface area contributed by atoms with Gasteiger partial charge in [-0.15, -0.1) is 12.6 Å². The van der Waals surface area contributed by atoms with E-state index in [0.29, 0.717) is 6.42 Å². The maximum Gasteiger partial charge on any atom is 0.375 e. The van der Waals surface area contributed by atoms with Gasteiger partial charge in [-0.1, -0.05) is 19.9 Å². The molecule has 0 N–H and O–H groups in total. The van der Waals surface area contributed by atoms with E-state index in [0.717, 1.165) is 0 Å². The van der Waals surface area contributed by atoms with Gasteiger partial charge in [-0.25, -0.2) is 13.6 Å². The SMILES string of the molecule is CC1CC2C3CC(F)C4=CC(=O)C=CC4(C)C3(F)C(OP)CC2(C)C1(OC(=O)c1ccco1)C(=O)S. The fraction of sp³-hybridized carbons (Fsp3) is 0.577. The van der Waals surface area contributed by atoms with E-state index in [1.54, 1.807) is 20.8 Å². The second kappa shape index (κ2) is 8.34. The molecule has 0 spiro atoms. The van der Waals surface area contributed by atoms with Crippen molar-refractivity contribution >= 4 is 39.0 Å². The van der Waals surface area contributed by atoms with Crippen molar-refractivity contribution in [3.63, 3.8) is 0 Å². The number of carbonyl (C=O) groups excluding carboxylic acids is 3. The van der Waals surface area contributed by atoms with Crippen molar-refractivity contribution in [1.82, 2.24) is 0 Å². The second-order valence-corrected chi connectivity index (χ2v) is 11.7. The number of furan rings is 1. The van der Waals surface area contributed by atoms with Crippen LogP contribution in [0.1, 0.15) is 50.6 Å². The van der Waals surface area contributed by atoms with Gasteiger partial charge in [0.2, 0.25) is 10.9 Å². The Balaban J connectivity index is 1.65. The lowest BCUT2D eigenvalue weighted by Crippen LogP contribution is -2.70. The van der Waals surface area contributed by atoms with E-state index in [4.69, 9.17) is 13.7 Å². The first-order valence-electron chi connectivity index (χ1n) is 12.0. The fourth-order valence-corrected chi connectivity index (χ4v) is 8.76. The molecule has 36 heavy (non-hydrogen) atoms. The summed E-state index contributed by atoms with van der Waals surface area (Å²) in [6.07, 6.45) is 2.74. The highest BCUT2D eigenvalue weighted by Gasteiger charge is 2.78. The number of carbonyl (C=O) groups is 3. The van der Waals surface area contributed by atoms with Gasteiger partial charge in [0.25, 0.3) is 0 Å². The first-order chi connectivity index (χ1) is 16.9. The highest BCUT2D eigenvalue weighted by Crippen LogP contribution is 2.72. The van der Waals surface area contributed by atoms with E-state index in [-0.39, 0.29) is 30.0 Å². The Labute approximate surface area is 215 Å². The van der Waals surface area contributed by atoms with Crippen molar-refractivity contribution < 1.29 is 36.8 Å². The van der Waals surface area contributed by atoms with Crippen LogP contribution in [0.4, 0.5) is 8.78 Å². The van der Waals surface area contributed by atoms with Crippen LogP contribution >= 0.6 is 22.1 Å². The maximum atomic E-state index is 17.6. The molecule has 6 nitrogen and oxygen atoms in total. The van der Waals surface area contributed by atoms with E-state index >= 15 is 8.78 Å². The van der Waals surface area contributed by atoms with Gasteiger partial charge in [0.05, 0.1) is 12.4 Å². The van der Waals surface area contributed by atoms with Crippen molar-refractivity contribution in [1.29, 1.82) is 0 Å². The molecule has 1 heterocycles. The van der Waals surface area contributed by atoms with Gasteiger partial charge in [-0.2, -0.15) is 0 Å². The molecule has 3 saturated carbocycles. The Morgan fingerprint density at radius 2 is 1.97 bits per heavy atom. The summed E-state index contributed by atoms with van der Waals surface area (Å²) >= 11 is 4.18. The molecule has 0 saturated heterocycles. The van der Waals surface area contributed by atoms with E-state index in [1.807, 2.05) is 0 Å². The number of thiol groups is 1. The monoisotopic (exact) mass is 538 g/mol. The Hall–Kier alpha value is -1.83. The maximum absolute atomic E-state index is 17.6. The molecule has 0 aromatic carbocycles. The normalized spacial score (nSPS) is 45.4. The van der Waals surface area contributed by atoms with Crippen LogP contribution in [-0.4, -0.2) is 40.4 Å². The molecule has 194 valence electrons. The number of rotatable bonds is 4. The van der Waals surface area contributed by atoms with Gasteiger partial charge in [-0.3, -0.25) is 9.59 Å². The minimum absolute atomic E-state index is 0.0118. The minimum Gasteiger partial charge on any atom is -0.457 e. The predicted molar refractivity (Wildman–Crippen MR) is 133 cm³/mol. The molecule has 10 unspecified atom stereocenters. The quantitative estimate of drug-likeness (QED) is 0.330. The number of halogens is 2. The molecule has 1 aromatic heterocycles. The topological polar surface area (TPSA) is 82.8 Å². The zero-order valence-electron chi connectivity index (χ0n) is 20.2. The van der Waals surface area contributed by atoms with Crippen LogP contribution in [0.2, 0.25) is 0 Å². The Kier molecular flexibility index (Phi) is 5.98. The second-order valence-electron chi connectivity index (χ2n) is 11.0. The summed E-state index contributed by atoms with van der Waals surface area (Å²) in [5.41, 5.74) is -6.22. The molecule has 0 radical (unpaired) electrons. The van der Waals surface area contributed by atoms with Gasteiger partial charge >= 0.3 is 5.97 Å². The molecular weight excluding hydrogens is 509 g/mol. The van der Waals surface area contributed by atoms with E-state index < -0.39 is 63.2 Å². The average Bonchev–Trinajstić information content (AvgIpc) is 3.43. The van der Waals surface area contributed by atoms with Crippen LogP contribution in [0.3, 0.4) is 0 Å². The first-order valence-corrected chi connectivity index (χ1v) is 12.9. The number of alkyl halides is 2. The summed E-state index contributed by atoms with van der Waals surface area (Å²) in [5, 5.41) is -0.656. The molecule has 4 aliphatic carbocycles. The number of hydrogen-bond donors (Lipinski definition) is 1. The summed E-state index contributed by atoms with van der Waals surface area (Å²) in [4.78, 5) is 38.4. The van der Waals surface area contributed by atoms with Crippen LogP contribution in [0.5, 0.6) is 0 Å². The minimum atomic E-state index is -2.08. The highest BCUT2D eigenvalue weighted by atomic mass is 32.1. The lowest BCUT2D eigenvalue weighted by atomic mass is 9.44. The third-order valence-corrected chi connectivity index (χ3v) is 10.3. The fourth-order valence-electron chi connectivity index (χ4n) is 7.94. The highest BCUT2D eigenvalue weighted by molar-refractivity contribution is 7.96. The molecule has 5 rings (SSSR count). The standard InChI is InChI=1S/C26H29F2O6PS/c1-13-9-15-16-11-18(27)17-10-14(29)6-7-23(17,2)25(16,28)20(34-35)12-24(15,3)26(13,22(31)36)33-21(30)19-5-4-8-32-19/h4-8,10,13,15-16,18,20H,9,11-12,35H2,1-3H3,(H,31,36).